The van der Waals surface area contributed by atoms with Gasteiger partial charge in [-0.05, 0) is 43.5 Å². The second kappa shape index (κ2) is 6.57. The Labute approximate surface area is 139 Å². The summed E-state index contributed by atoms with van der Waals surface area (Å²) >= 11 is 3.41. The number of ether oxygens (including phenoxy) is 2. The van der Waals surface area contributed by atoms with Crippen LogP contribution in [0.2, 0.25) is 0 Å². The first-order chi connectivity index (χ1) is 10.5. The van der Waals surface area contributed by atoms with Crippen molar-refractivity contribution >= 4 is 26.0 Å². The molecule has 0 N–H and O–H groups in total. The minimum Gasteiger partial charge on any atom is -0.349 e. The average molecular weight is 390 g/mol. The molecule has 2 fully saturated rings. The van der Waals surface area contributed by atoms with Crippen molar-refractivity contribution in [2.75, 3.05) is 19.8 Å². The third-order valence-electron chi connectivity index (χ3n) is 4.20. The van der Waals surface area contributed by atoms with E-state index in [4.69, 9.17) is 9.47 Å². The van der Waals surface area contributed by atoms with Gasteiger partial charge in [0.2, 0.25) is 10.0 Å². The number of aryl methyl sites for hydroxylation is 1. The van der Waals surface area contributed by atoms with Crippen molar-refractivity contribution in [1.82, 2.24) is 4.31 Å². The summed E-state index contributed by atoms with van der Waals surface area (Å²) in [5, 5.41) is 0. The lowest BCUT2D eigenvalue weighted by Crippen LogP contribution is -2.50. The van der Waals surface area contributed by atoms with Crippen LogP contribution < -0.4 is 0 Å². The Bertz CT molecular complexity index is 643. The average Bonchev–Trinajstić information content (AvgIpc) is 3.04. The Morgan fingerprint density at radius 2 is 1.95 bits per heavy atom. The summed E-state index contributed by atoms with van der Waals surface area (Å²) in [5.41, 5.74) is 0.906. The van der Waals surface area contributed by atoms with Gasteiger partial charge in [0.15, 0.2) is 6.29 Å². The van der Waals surface area contributed by atoms with Gasteiger partial charge in [-0.3, -0.25) is 0 Å². The summed E-state index contributed by atoms with van der Waals surface area (Å²) in [6.07, 6.45) is 2.21. The van der Waals surface area contributed by atoms with E-state index in [1.54, 1.807) is 22.5 Å². The molecule has 122 valence electrons. The van der Waals surface area contributed by atoms with Crippen LogP contribution in [-0.2, 0) is 19.5 Å². The van der Waals surface area contributed by atoms with Gasteiger partial charge in [0, 0.05) is 11.0 Å². The highest BCUT2D eigenvalue weighted by Crippen LogP contribution is 2.31. The second-order valence-corrected chi connectivity index (χ2v) is 8.44. The molecule has 3 rings (SSSR count). The van der Waals surface area contributed by atoms with Gasteiger partial charge in [0.05, 0.1) is 24.2 Å². The standard InChI is InChI=1S/C15H20BrNO4S/c1-11-10-12(5-6-13(11)16)22(18,19)17-7-3-2-4-14(17)15-20-8-9-21-15/h5-6,10,14-15H,2-4,7-9H2,1H3/t14-/m1/s1. The first kappa shape index (κ1) is 16.4. The Balaban J connectivity index is 1.92. The van der Waals surface area contributed by atoms with Crippen LogP contribution in [0, 0.1) is 6.92 Å². The highest BCUT2D eigenvalue weighted by Gasteiger charge is 2.40. The maximum absolute atomic E-state index is 13.0. The minimum absolute atomic E-state index is 0.231. The molecule has 0 aliphatic carbocycles. The zero-order valence-corrected chi connectivity index (χ0v) is 14.9. The molecule has 0 aromatic heterocycles. The number of nitrogens with zero attached hydrogens (tertiary/aromatic N) is 1. The molecule has 0 unspecified atom stereocenters. The van der Waals surface area contributed by atoms with Gasteiger partial charge >= 0.3 is 0 Å². The zero-order chi connectivity index (χ0) is 15.7. The number of sulfonamides is 1. The molecule has 2 aliphatic heterocycles. The van der Waals surface area contributed by atoms with E-state index < -0.39 is 16.3 Å². The summed E-state index contributed by atoms with van der Waals surface area (Å²) in [7, 11) is -3.54. The van der Waals surface area contributed by atoms with E-state index in [1.807, 2.05) is 6.92 Å². The zero-order valence-electron chi connectivity index (χ0n) is 12.5. The van der Waals surface area contributed by atoms with Crippen LogP contribution in [-0.4, -0.2) is 44.8 Å². The van der Waals surface area contributed by atoms with E-state index in [9.17, 15) is 8.42 Å². The molecule has 5 nitrogen and oxygen atoms in total. The fraction of sp³-hybridized carbons (Fsp3) is 0.600. The topological polar surface area (TPSA) is 55.8 Å². The number of rotatable bonds is 3. The van der Waals surface area contributed by atoms with Crippen molar-refractivity contribution in [2.45, 2.75) is 43.4 Å². The third-order valence-corrected chi connectivity index (χ3v) is 7.01. The predicted octanol–water partition coefficient (Wildman–Crippen LogP) is 2.67. The third kappa shape index (κ3) is 3.10. The number of benzene rings is 1. The van der Waals surface area contributed by atoms with Crippen molar-refractivity contribution < 1.29 is 17.9 Å². The van der Waals surface area contributed by atoms with E-state index in [-0.39, 0.29) is 6.04 Å². The first-order valence-electron chi connectivity index (χ1n) is 7.51. The number of piperidine rings is 1. The van der Waals surface area contributed by atoms with Crippen LogP contribution in [0.1, 0.15) is 24.8 Å². The maximum Gasteiger partial charge on any atom is 0.243 e. The van der Waals surface area contributed by atoms with Crippen LogP contribution in [0.3, 0.4) is 0 Å². The lowest BCUT2D eigenvalue weighted by Gasteiger charge is -2.36. The molecule has 0 spiro atoms. The first-order valence-corrected chi connectivity index (χ1v) is 9.74. The summed E-state index contributed by atoms with van der Waals surface area (Å²) < 4.78 is 39.6. The van der Waals surface area contributed by atoms with Gasteiger partial charge in [0.1, 0.15) is 0 Å². The van der Waals surface area contributed by atoms with E-state index in [1.165, 1.54) is 0 Å². The SMILES string of the molecule is Cc1cc(S(=O)(=O)N2CCCC[C@@H]2C2OCCO2)ccc1Br. The second-order valence-electron chi connectivity index (χ2n) is 5.70. The van der Waals surface area contributed by atoms with E-state index in [0.717, 1.165) is 29.3 Å². The van der Waals surface area contributed by atoms with Crippen LogP contribution in [0.4, 0.5) is 0 Å². The van der Waals surface area contributed by atoms with Gasteiger partial charge in [-0.1, -0.05) is 22.4 Å². The molecule has 0 amide bonds. The highest BCUT2D eigenvalue weighted by molar-refractivity contribution is 9.10. The lowest BCUT2D eigenvalue weighted by atomic mass is 10.0. The van der Waals surface area contributed by atoms with Crippen molar-refractivity contribution in [2.24, 2.45) is 0 Å². The molecule has 0 bridgehead atoms. The van der Waals surface area contributed by atoms with Crippen LogP contribution in [0.25, 0.3) is 0 Å². The molecule has 0 saturated carbocycles. The molecule has 1 aromatic rings. The van der Waals surface area contributed by atoms with Crippen molar-refractivity contribution in [3.63, 3.8) is 0 Å². The summed E-state index contributed by atoms with van der Waals surface area (Å²) in [5.74, 6) is 0. The van der Waals surface area contributed by atoms with E-state index >= 15 is 0 Å². The normalized spacial score (nSPS) is 24.7. The quantitative estimate of drug-likeness (QED) is 0.797. The number of hydrogen-bond acceptors (Lipinski definition) is 4. The molecule has 7 heteroatoms. The molecular weight excluding hydrogens is 370 g/mol. The summed E-state index contributed by atoms with van der Waals surface area (Å²) in [4.78, 5) is 0.332. The van der Waals surface area contributed by atoms with Crippen molar-refractivity contribution in [3.8, 4) is 0 Å². The van der Waals surface area contributed by atoms with Crippen molar-refractivity contribution in [3.05, 3.63) is 28.2 Å². The largest absolute Gasteiger partial charge is 0.349 e. The Hall–Kier alpha value is -0.470. The monoisotopic (exact) mass is 389 g/mol. The Morgan fingerprint density at radius 3 is 2.64 bits per heavy atom. The molecule has 2 saturated heterocycles. The van der Waals surface area contributed by atoms with Crippen LogP contribution >= 0.6 is 15.9 Å². The molecule has 0 radical (unpaired) electrons. The Kier molecular flexibility index (Phi) is 4.89. The fourth-order valence-corrected chi connectivity index (χ4v) is 5.03. The Morgan fingerprint density at radius 1 is 1.23 bits per heavy atom. The molecule has 2 aliphatic rings. The minimum atomic E-state index is -3.54. The van der Waals surface area contributed by atoms with E-state index in [2.05, 4.69) is 15.9 Å². The van der Waals surface area contributed by atoms with E-state index in [0.29, 0.717) is 24.7 Å². The number of hydrogen-bond donors (Lipinski definition) is 0. The molecule has 1 atom stereocenters. The van der Waals surface area contributed by atoms with Gasteiger partial charge in [0.25, 0.3) is 0 Å². The lowest BCUT2D eigenvalue weighted by molar-refractivity contribution is -0.0913. The van der Waals surface area contributed by atoms with Crippen molar-refractivity contribution in [1.29, 1.82) is 0 Å². The highest BCUT2D eigenvalue weighted by atomic mass is 79.9. The predicted molar refractivity (Wildman–Crippen MR) is 86.1 cm³/mol. The van der Waals surface area contributed by atoms with Crippen LogP contribution in [0.15, 0.2) is 27.6 Å². The number of halogens is 1. The summed E-state index contributed by atoms with van der Waals surface area (Å²) in [6.45, 7) is 3.48. The molecular formula is C15H20BrNO4S. The van der Waals surface area contributed by atoms with Gasteiger partial charge < -0.3 is 9.47 Å². The molecule has 22 heavy (non-hydrogen) atoms. The fourth-order valence-electron chi connectivity index (χ4n) is 3.01. The van der Waals surface area contributed by atoms with Gasteiger partial charge in [-0.15, -0.1) is 0 Å². The van der Waals surface area contributed by atoms with Gasteiger partial charge in [-0.2, -0.15) is 4.31 Å². The maximum atomic E-state index is 13.0. The van der Waals surface area contributed by atoms with Gasteiger partial charge in [-0.25, -0.2) is 8.42 Å². The van der Waals surface area contributed by atoms with Crippen LogP contribution in [0.5, 0.6) is 0 Å². The molecule has 2 heterocycles. The molecule has 1 aromatic carbocycles. The summed E-state index contributed by atoms with van der Waals surface area (Å²) in [6, 6.07) is 4.91. The smallest absolute Gasteiger partial charge is 0.243 e.